The van der Waals surface area contributed by atoms with Gasteiger partial charge in [0.2, 0.25) is 5.88 Å². The van der Waals surface area contributed by atoms with Crippen LogP contribution in [0.5, 0.6) is 11.6 Å². The highest BCUT2D eigenvalue weighted by Gasteiger charge is 2.20. The molecule has 0 unspecified atom stereocenters. The van der Waals surface area contributed by atoms with Crippen LogP contribution in [0.4, 0.5) is 4.79 Å². The maximum Gasteiger partial charge on any atom is 0.514 e. The lowest BCUT2D eigenvalue weighted by atomic mass is 10.1. The molecule has 2 amide bonds. The molecule has 0 atom stereocenters. The zero-order valence-electron chi connectivity index (χ0n) is 19.4. The zero-order valence-corrected chi connectivity index (χ0v) is 20.2. The summed E-state index contributed by atoms with van der Waals surface area (Å²) in [5, 5.41) is 2.77. The highest BCUT2D eigenvalue weighted by molar-refractivity contribution is 7.90. The van der Waals surface area contributed by atoms with E-state index in [9.17, 15) is 22.8 Å². The molecule has 12 heteroatoms. The van der Waals surface area contributed by atoms with Gasteiger partial charge in [0.05, 0.1) is 24.7 Å². The van der Waals surface area contributed by atoms with Gasteiger partial charge in [-0.1, -0.05) is 18.2 Å². The molecule has 1 heterocycles. The number of nitrogens with zero attached hydrogens (tertiary/aromatic N) is 1. The third kappa shape index (κ3) is 6.79. The second kappa shape index (κ2) is 11.8. The minimum atomic E-state index is -4.22. The molecule has 0 spiro atoms. The largest absolute Gasteiger partial charge is 0.514 e. The van der Waals surface area contributed by atoms with E-state index in [1.54, 1.807) is 7.11 Å². The number of rotatable bonds is 9. The van der Waals surface area contributed by atoms with Gasteiger partial charge >= 0.3 is 6.16 Å². The van der Waals surface area contributed by atoms with Crippen LogP contribution in [-0.4, -0.2) is 52.1 Å². The van der Waals surface area contributed by atoms with Gasteiger partial charge in [-0.25, -0.2) is 22.9 Å². The molecular weight excluding hydrogens is 490 g/mol. The Hall–Kier alpha value is -4.45. The van der Waals surface area contributed by atoms with E-state index in [0.717, 1.165) is 24.6 Å². The number of hydrogen-bond acceptors (Lipinski definition) is 9. The van der Waals surface area contributed by atoms with Crippen LogP contribution in [0.25, 0.3) is 0 Å². The zero-order chi connectivity index (χ0) is 26.1. The van der Waals surface area contributed by atoms with Gasteiger partial charge in [0.1, 0.15) is 5.75 Å². The van der Waals surface area contributed by atoms with Crippen molar-refractivity contribution in [3.63, 3.8) is 0 Å². The van der Waals surface area contributed by atoms with E-state index < -0.39 is 22.1 Å². The van der Waals surface area contributed by atoms with E-state index in [2.05, 4.69) is 15.0 Å². The molecule has 3 rings (SSSR count). The van der Waals surface area contributed by atoms with Gasteiger partial charge in [-0.05, 0) is 48.4 Å². The van der Waals surface area contributed by atoms with Crippen LogP contribution < -0.4 is 19.5 Å². The van der Waals surface area contributed by atoms with Crippen LogP contribution >= 0.6 is 0 Å². The first kappa shape index (κ1) is 26.2. The molecule has 2 N–H and O–H groups in total. The number of pyridine rings is 1. The van der Waals surface area contributed by atoms with Crippen LogP contribution in [-0.2, 0) is 21.2 Å². The lowest BCUT2D eigenvalue weighted by molar-refractivity contribution is 0.0951. The third-order valence-corrected chi connectivity index (χ3v) is 6.23. The predicted octanol–water partition coefficient (Wildman–Crippen LogP) is 2.33. The van der Waals surface area contributed by atoms with Gasteiger partial charge in [0.25, 0.3) is 21.8 Å². The van der Waals surface area contributed by atoms with Crippen molar-refractivity contribution in [3.05, 3.63) is 83.6 Å². The number of ether oxygens (including phenoxy) is 3. The molecule has 3 aromatic rings. The summed E-state index contributed by atoms with van der Waals surface area (Å²) in [5.41, 5.74) is 1.12. The molecule has 188 valence electrons. The number of carbonyl (C=O) groups excluding carboxylic acids is 3. The summed E-state index contributed by atoms with van der Waals surface area (Å²) < 4.78 is 41.4. The molecule has 0 bridgehead atoms. The Labute approximate surface area is 207 Å². The Morgan fingerprint density at radius 1 is 0.889 bits per heavy atom. The number of nitrogens with one attached hydrogen (secondary N) is 2. The molecule has 0 aliphatic heterocycles. The second-order valence-corrected chi connectivity index (χ2v) is 8.90. The van der Waals surface area contributed by atoms with Crippen molar-refractivity contribution in [1.82, 2.24) is 15.0 Å². The summed E-state index contributed by atoms with van der Waals surface area (Å²) in [4.78, 5) is 39.4. The molecule has 0 saturated heterocycles. The van der Waals surface area contributed by atoms with Crippen LogP contribution in [0.1, 0.15) is 26.3 Å². The van der Waals surface area contributed by atoms with Crippen molar-refractivity contribution in [3.8, 4) is 11.6 Å². The SMILES string of the molecule is COC(=O)Oc1ccc(C(=O)NS(=O)(=O)c2ccc(C(=O)NCCc3ccccc3OC)cc2)cn1. The fourth-order valence-electron chi connectivity index (χ4n) is 3.05. The maximum absolute atomic E-state index is 12.6. The Morgan fingerprint density at radius 2 is 1.58 bits per heavy atom. The van der Waals surface area contributed by atoms with E-state index >= 15 is 0 Å². The summed E-state index contributed by atoms with van der Waals surface area (Å²) in [7, 11) is -1.53. The number of benzene rings is 2. The Morgan fingerprint density at radius 3 is 2.22 bits per heavy atom. The van der Waals surface area contributed by atoms with E-state index in [1.165, 1.54) is 36.4 Å². The minimum Gasteiger partial charge on any atom is -0.496 e. The second-order valence-electron chi connectivity index (χ2n) is 7.22. The van der Waals surface area contributed by atoms with E-state index in [-0.39, 0.29) is 27.8 Å². The monoisotopic (exact) mass is 513 g/mol. The van der Waals surface area contributed by atoms with E-state index in [0.29, 0.717) is 13.0 Å². The Balaban J connectivity index is 1.58. The molecule has 11 nitrogen and oxygen atoms in total. The maximum atomic E-state index is 12.6. The predicted molar refractivity (Wildman–Crippen MR) is 127 cm³/mol. The van der Waals surface area contributed by atoms with Crippen LogP contribution in [0, 0.1) is 0 Å². The number of aromatic nitrogens is 1. The smallest absolute Gasteiger partial charge is 0.496 e. The van der Waals surface area contributed by atoms with Crippen molar-refractivity contribution in [2.75, 3.05) is 20.8 Å². The number of methoxy groups -OCH3 is 2. The van der Waals surface area contributed by atoms with E-state index in [4.69, 9.17) is 9.47 Å². The first-order valence-electron chi connectivity index (χ1n) is 10.5. The fraction of sp³-hybridized carbons (Fsp3) is 0.167. The molecule has 0 saturated carbocycles. The number of carbonyl (C=O) groups is 3. The highest BCUT2D eigenvalue weighted by Crippen LogP contribution is 2.17. The molecule has 0 radical (unpaired) electrons. The molecule has 0 aliphatic rings. The van der Waals surface area contributed by atoms with Crippen molar-refractivity contribution >= 4 is 28.0 Å². The molecule has 0 aliphatic carbocycles. The van der Waals surface area contributed by atoms with Gasteiger partial charge in [-0.2, -0.15) is 0 Å². The average molecular weight is 514 g/mol. The highest BCUT2D eigenvalue weighted by atomic mass is 32.2. The quantitative estimate of drug-likeness (QED) is 0.411. The summed E-state index contributed by atoms with van der Waals surface area (Å²) in [6.45, 7) is 0.354. The lowest BCUT2D eigenvalue weighted by Gasteiger charge is -2.10. The first-order chi connectivity index (χ1) is 17.2. The van der Waals surface area contributed by atoms with Crippen LogP contribution in [0.3, 0.4) is 0 Å². The first-order valence-corrected chi connectivity index (χ1v) is 12.0. The van der Waals surface area contributed by atoms with Crippen molar-refractivity contribution in [2.24, 2.45) is 0 Å². The van der Waals surface area contributed by atoms with Gasteiger partial charge in [-0.15, -0.1) is 0 Å². The average Bonchev–Trinajstić information content (AvgIpc) is 2.89. The topological polar surface area (TPSA) is 150 Å². The standard InChI is InChI=1S/C24H23N3O8S/c1-33-20-6-4-3-5-16(20)13-14-25-22(28)17-7-10-19(11-8-17)36(31,32)27-23(29)18-9-12-21(26-15-18)35-24(30)34-2/h3-12,15H,13-14H2,1-2H3,(H,25,28)(H,27,29). The van der Waals surface area contributed by atoms with Crippen molar-refractivity contribution in [1.29, 1.82) is 0 Å². The van der Waals surface area contributed by atoms with Gasteiger partial charge in [-0.3, -0.25) is 9.59 Å². The fourth-order valence-corrected chi connectivity index (χ4v) is 4.02. The number of amides is 2. The summed E-state index contributed by atoms with van der Waals surface area (Å²) in [5.74, 6) is -0.717. The molecule has 1 aromatic heterocycles. The molecule has 36 heavy (non-hydrogen) atoms. The molecule has 2 aromatic carbocycles. The van der Waals surface area contributed by atoms with Crippen LogP contribution in [0.15, 0.2) is 71.8 Å². The molecular formula is C24H23N3O8S. The van der Waals surface area contributed by atoms with Crippen LogP contribution in [0.2, 0.25) is 0 Å². The minimum absolute atomic E-state index is 0.0816. The summed E-state index contributed by atoms with van der Waals surface area (Å²) >= 11 is 0. The Kier molecular flexibility index (Phi) is 8.57. The Bertz CT molecular complexity index is 1340. The van der Waals surface area contributed by atoms with Crippen molar-refractivity contribution in [2.45, 2.75) is 11.3 Å². The van der Waals surface area contributed by atoms with E-state index in [1.807, 2.05) is 29.0 Å². The van der Waals surface area contributed by atoms with Gasteiger partial charge in [0.15, 0.2) is 0 Å². The number of hydrogen-bond donors (Lipinski definition) is 2. The summed E-state index contributed by atoms with van der Waals surface area (Å²) in [6, 6.07) is 15.0. The third-order valence-electron chi connectivity index (χ3n) is 4.88. The van der Waals surface area contributed by atoms with Gasteiger partial charge < -0.3 is 19.5 Å². The van der Waals surface area contributed by atoms with Gasteiger partial charge in [0, 0.05) is 24.4 Å². The molecule has 0 fully saturated rings. The number of sulfonamides is 1. The van der Waals surface area contributed by atoms with Crippen molar-refractivity contribution < 1.29 is 37.0 Å². The number of para-hydroxylation sites is 1. The normalized spacial score (nSPS) is 10.7. The summed E-state index contributed by atoms with van der Waals surface area (Å²) in [6.07, 6.45) is 0.608. The lowest BCUT2D eigenvalue weighted by Crippen LogP contribution is -2.31.